The first-order chi connectivity index (χ1) is 15.2. The van der Waals surface area contributed by atoms with Gasteiger partial charge in [-0.3, -0.25) is 29.4 Å². The van der Waals surface area contributed by atoms with Gasteiger partial charge in [0.1, 0.15) is 5.54 Å². The highest BCUT2D eigenvalue weighted by Gasteiger charge is 2.70. The first-order valence-electron chi connectivity index (χ1n) is 10.00. The van der Waals surface area contributed by atoms with Crippen LogP contribution in [0.5, 0.6) is 0 Å². The van der Waals surface area contributed by atoms with Crippen LogP contribution in [0.2, 0.25) is 10.0 Å². The summed E-state index contributed by atoms with van der Waals surface area (Å²) in [5.41, 5.74) is 5.46. The van der Waals surface area contributed by atoms with E-state index in [1.54, 1.807) is 42.5 Å². The number of nitrogens with zero attached hydrogens (tertiary/aromatic N) is 1. The number of fused-ring (bicyclic) bond motifs is 4. The number of primary amides is 1. The fraction of sp³-hybridized carbons (Fsp3) is 0.273. The van der Waals surface area contributed by atoms with Crippen molar-refractivity contribution in [2.24, 2.45) is 17.6 Å². The van der Waals surface area contributed by atoms with E-state index in [1.807, 2.05) is 0 Å². The minimum absolute atomic E-state index is 0.0340. The molecule has 10 heteroatoms. The highest BCUT2D eigenvalue weighted by molar-refractivity contribution is 6.31. The number of hydrogen-bond donors (Lipinski definition) is 3. The molecule has 0 aromatic heterocycles. The van der Waals surface area contributed by atoms with E-state index < -0.39 is 47.0 Å². The molecule has 0 aliphatic carbocycles. The van der Waals surface area contributed by atoms with Gasteiger partial charge in [-0.05, 0) is 29.8 Å². The molecule has 3 aliphatic heterocycles. The van der Waals surface area contributed by atoms with Crippen molar-refractivity contribution in [3.8, 4) is 0 Å². The summed E-state index contributed by atoms with van der Waals surface area (Å²) in [4.78, 5) is 53.2. The fourth-order valence-corrected chi connectivity index (χ4v) is 5.55. The van der Waals surface area contributed by atoms with Crippen LogP contribution in [-0.4, -0.2) is 34.6 Å². The standard InChI is InChI=1S/C22H18Cl2N4O4/c23-11-5-6-14-12(7-11)22(21(32)26-14)18-17(15(27-22)8-16(25)29)19(30)28(20(18)31)9-10-3-1-2-4-13(10)24/h1-7,15,17-18,27H,8-9H2,(H2,25,29)(H,26,32)/t15-,17+,18-,22-/m0/s1. The SMILES string of the molecule is NC(=O)C[C@@H]1N[C@]2(C(=O)Nc3ccc(Cl)cc32)[C@@H]2C(=O)N(Cc3ccccc3Cl)C(=O)[C@H]12. The third kappa shape index (κ3) is 2.87. The van der Waals surface area contributed by atoms with Crippen LogP contribution in [0.4, 0.5) is 5.69 Å². The van der Waals surface area contributed by atoms with Crippen LogP contribution in [-0.2, 0) is 31.3 Å². The number of rotatable bonds is 4. The first-order valence-corrected chi connectivity index (χ1v) is 10.8. The maximum absolute atomic E-state index is 13.6. The molecule has 0 saturated carbocycles. The lowest BCUT2D eigenvalue weighted by Crippen LogP contribution is -2.53. The quantitative estimate of drug-likeness (QED) is 0.585. The Morgan fingerprint density at radius 3 is 2.56 bits per heavy atom. The Morgan fingerprint density at radius 1 is 1.09 bits per heavy atom. The fourth-order valence-electron chi connectivity index (χ4n) is 5.18. The average Bonchev–Trinajstić information content (AvgIpc) is 3.30. The van der Waals surface area contributed by atoms with E-state index in [2.05, 4.69) is 10.6 Å². The Balaban J connectivity index is 1.62. The lowest BCUT2D eigenvalue weighted by molar-refractivity contribution is -0.143. The van der Waals surface area contributed by atoms with E-state index in [0.717, 1.165) is 4.90 Å². The second-order valence-corrected chi connectivity index (χ2v) is 9.07. The number of benzene rings is 2. The molecule has 3 aliphatic rings. The summed E-state index contributed by atoms with van der Waals surface area (Å²) >= 11 is 12.4. The Labute approximate surface area is 193 Å². The molecule has 2 aromatic carbocycles. The van der Waals surface area contributed by atoms with Gasteiger partial charge in [0.25, 0.3) is 0 Å². The lowest BCUT2D eigenvalue weighted by atomic mass is 9.76. The maximum Gasteiger partial charge on any atom is 0.250 e. The lowest BCUT2D eigenvalue weighted by Gasteiger charge is -2.29. The summed E-state index contributed by atoms with van der Waals surface area (Å²) in [5, 5.41) is 6.69. The van der Waals surface area contributed by atoms with Gasteiger partial charge < -0.3 is 11.1 Å². The molecule has 1 spiro atoms. The van der Waals surface area contributed by atoms with Gasteiger partial charge in [-0.25, -0.2) is 0 Å². The van der Waals surface area contributed by atoms with Crippen LogP contribution >= 0.6 is 23.2 Å². The largest absolute Gasteiger partial charge is 0.370 e. The van der Waals surface area contributed by atoms with Gasteiger partial charge >= 0.3 is 0 Å². The van der Waals surface area contributed by atoms with Gasteiger partial charge in [-0.15, -0.1) is 0 Å². The van der Waals surface area contributed by atoms with Crippen molar-refractivity contribution in [2.45, 2.75) is 24.5 Å². The average molecular weight is 473 g/mol. The van der Waals surface area contributed by atoms with Gasteiger partial charge in [-0.2, -0.15) is 0 Å². The minimum Gasteiger partial charge on any atom is -0.370 e. The second-order valence-electron chi connectivity index (χ2n) is 8.23. The highest BCUT2D eigenvalue weighted by Crippen LogP contribution is 2.54. The normalized spacial score (nSPS) is 28.2. The second kappa shape index (κ2) is 7.30. The highest BCUT2D eigenvalue weighted by atomic mass is 35.5. The van der Waals surface area contributed by atoms with E-state index in [4.69, 9.17) is 28.9 Å². The number of amides is 4. The molecule has 2 saturated heterocycles. The molecule has 2 aromatic rings. The van der Waals surface area contributed by atoms with Crippen molar-refractivity contribution >= 4 is 52.5 Å². The summed E-state index contributed by atoms with van der Waals surface area (Å²) < 4.78 is 0. The number of hydrogen-bond acceptors (Lipinski definition) is 5. The van der Waals surface area contributed by atoms with Gasteiger partial charge in [-0.1, -0.05) is 41.4 Å². The Bertz CT molecular complexity index is 1200. The number of nitrogens with two attached hydrogens (primary N) is 1. The number of likely N-dealkylation sites (tertiary alicyclic amines) is 1. The number of carbonyl (C=O) groups is 4. The molecule has 4 atom stereocenters. The van der Waals surface area contributed by atoms with Gasteiger partial charge in [0.15, 0.2) is 0 Å². The van der Waals surface area contributed by atoms with Gasteiger partial charge in [0.2, 0.25) is 23.6 Å². The van der Waals surface area contributed by atoms with Gasteiger partial charge in [0, 0.05) is 33.8 Å². The van der Waals surface area contributed by atoms with Crippen LogP contribution in [0.25, 0.3) is 0 Å². The summed E-state index contributed by atoms with van der Waals surface area (Å²) in [6.45, 7) is -0.0340. The summed E-state index contributed by atoms with van der Waals surface area (Å²) in [6.07, 6.45) is -0.203. The first kappa shape index (κ1) is 20.9. The van der Waals surface area contributed by atoms with E-state index in [9.17, 15) is 19.2 Å². The third-order valence-corrected chi connectivity index (χ3v) is 7.08. The molecule has 2 fully saturated rings. The van der Waals surface area contributed by atoms with E-state index in [-0.39, 0.29) is 13.0 Å². The Kier molecular flexibility index (Phi) is 4.77. The topological polar surface area (TPSA) is 122 Å². The predicted molar refractivity (Wildman–Crippen MR) is 116 cm³/mol. The molecule has 0 radical (unpaired) electrons. The molecule has 3 heterocycles. The molecule has 0 bridgehead atoms. The zero-order valence-corrected chi connectivity index (χ0v) is 18.1. The van der Waals surface area contributed by atoms with Crippen LogP contribution in [0, 0.1) is 11.8 Å². The number of carbonyl (C=O) groups excluding carboxylic acids is 4. The van der Waals surface area contributed by atoms with E-state index in [1.165, 1.54) is 0 Å². The zero-order chi connectivity index (χ0) is 22.8. The van der Waals surface area contributed by atoms with E-state index >= 15 is 0 Å². The van der Waals surface area contributed by atoms with Crippen molar-refractivity contribution in [1.82, 2.24) is 10.2 Å². The summed E-state index contributed by atoms with van der Waals surface area (Å²) in [6, 6.07) is 11.0. The molecule has 8 nitrogen and oxygen atoms in total. The Morgan fingerprint density at radius 2 is 1.84 bits per heavy atom. The molecule has 32 heavy (non-hydrogen) atoms. The molecule has 4 amide bonds. The van der Waals surface area contributed by atoms with Crippen molar-refractivity contribution in [1.29, 1.82) is 0 Å². The number of halogens is 2. The smallest absolute Gasteiger partial charge is 0.250 e. The summed E-state index contributed by atoms with van der Waals surface area (Å²) in [7, 11) is 0. The van der Waals surface area contributed by atoms with Crippen LogP contribution in [0.3, 0.4) is 0 Å². The van der Waals surface area contributed by atoms with Crippen LogP contribution in [0.15, 0.2) is 42.5 Å². The number of nitrogens with one attached hydrogen (secondary N) is 2. The number of anilines is 1. The molecular weight excluding hydrogens is 455 g/mol. The maximum atomic E-state index is 13.6. The molecular formula is C22H18Cl2N4O4. The van der Waals surface area contributed by atoms with E-state index in [0.29, 0.717) is 26.9 Å². The predicted octanol–water partition coefficient (Wildman–Crippen LogP) is 1.79. The van der Waals surface area contributed by atoms with Crippen LogP contribution < -0.4 is 16.4 Å². The zero-order valence-electron chi connectivity index (χ0n) is 16.6. The minimum atomic E-state index is -1.53. The molecule has 5 rings (SSSR count). The number of imide groups is 1. The van der Waals surface area contributed by atoms with Gasteiger partial charge in [0.05, 0.1) is 18.4 Å². The molecule has 4 N–H and O–H groups in total. The monoisotopic (exact) mass is 472 g/mol. The third-order valence-electron chi connectivity index (χ3n) is 6.48. The van der Waals surface area contributed by atoms with Crippen LogP contribution in [0.1, 0.15) is 17.5 Å². The summed E-state index contributed by atoms with van der Waals surface area (Å²) in [5.74, 6) is -4.10. The van der Waals surface area contributed by atoms with Crippen molar-refractivity contribution in [3.05, 3.63) is 63.6 Å². The van der Waals surface area contributed by atoms with Crippen molar-refractivity contribution < 1.29 is 19.2 Å². The molecule has 0 unspecified atom stereocenters. The Hall–Kier alpha value is -2.94. The molecule has 164 valence electrons. The van der Waals surface area contributed by atoms with Crippen molar-refractivity contribution in [3.63, 3.8) is 0 Å². The van der Waals surface area contributed by atoms with Crippen molar-refractivity contribution in [2.75, 3.05) is 5.32 Å².